The van der Waals surface area contributed by atoms with Crippen LogP contribution in [0.4, 0.5) is 0 Å². The van der Waals surface area contributed by atoms with Crippen LogP contribution >= 0.6 is 0 Å². The van der Waals surface area contributed by atoms with Crippen molar-refractivity contribution in [2.75, 3.05) is 0 Å². The second-order valence-electron chi connectivity index (χ2n) is 3.18. The number of rotatable bonds is 4. The summed E-state index contributed by atoms with van der Waals surface area (Å²) in [5.41, 5.74) is 0. The van der Waals surface area contributed by atoms with Gasteiger partial charge in [-0.15, -0.1) is 0 Å². The zero-order valence-corrected chi connectivity index (χ0v) is 7.84. The first-order chi connectivity index (χ1) is 6.16. The number of hydrogen-bond acceptors (Lipinski definition) is 2. The van der Waals surface area contributed by atoms with Gasteiger partial charge in [-0.2, -0.15) is 0 Å². The number of carbonyl (C=O) groups is 1. The average molecular weight is 182 g/mol. The molecule has 72 valence electrons. The van der Waals surface area contributed by atoms with Crippen molar-refractivity contribution in [3.05, 3.63) is 18.7 Å². The smallest absolute Gasteiger partial charge is 0.326 e. The number of aliphatic carboxylic acids is 1. The van der Waals surface area contributed by atoms with Gasteiger partial charge in [-0.3, -0.25) is 0 Å². The zero-order valence-electron chi connectivity index (χ0n) is 7.84. The quantitative estimate of drug-likeness (QED) is 0.768. The molecule has 0 aliphatic heterocycles. The first-order valence-corrected chi connectivity index (χ1v) is 4.37. The highest BCUT2D eigenvalue weighted by Gasteiger charge is 2.24. The summed E-state index contributed by atoms with van der Waals surface area (Å²) >= 11 is 0. The molecule has 2 unspecified atom stereocenters. The Balaban J connectivity index is 2.87. The third-order valence-electron chi connectivity index (χ3n) is 2.28. The Kier molecular flexibility index (Phi) is 3.06. The molecule has 0 aromatic carbocycles. The monoisotopic (exact) mass is 182 g/mol. The molecule has 0 aliphatic carbocycles. The molecule has 0 amide bonds. The van der Waals surface area contributed by atoms with E-state index in [-0.39, 0.29) is 5.92 Å². The van der Waals surface area contributed by atoms with E-state index in [9.17, 15) is 4.79 Å². The van der Waals surface area contributed by atoms with Gasteiger partial charge in [-0.25, -0.2) is 9.78 Å². The van der Waals surface area contributed by atoms with Gasteiger partial charge in [0.15, 0.2) is 0 Å². The summed E-state index contributed by atoms with van der Waals surface area (Å²) in [6.07, 6.45) is 5.67. The lowest BCUT2D eigenvalue weighted by Crippen LogP contribution is -2.24. The fraction of sp³-hybridized carbons (Fsp3) is 0.556. The third kappa shape index (κ3) is 2.08. The maximum absolute atomic E-state index is 10.9. The minimum Gasteiger partial charge on any atom is -0.480 e. The topological polar surface area (TPSA) is 55.1 Å². The van der Waals surface area contributed by atoms with E-state index in [0.717, 1.165) is 6.42 Å². The summed E-state index contributed by atoms with van der Waals surface area (Å²) < 4.78 is 1.64. The second-order valence-corrected chi connectivity index (χ2v) is 3.18. The molecule has 1 N–H and O–H groups in total. The lowest BCUT2D eigenvalue weighted by Gasteiger charge is -2.19. The average Bonchev–Trinajstić information content (AvgIpc) is 2.56. The van der Waals surface area contributed by atoms with Crippen LogP contribution in [0.1, 0.15) is 26.3 Å². The van der Waals surface area contributed by atoms with Crippen LogP contribution in [-0.4, -0.2) is 20.6 Å². The number of carboxylic acid groups (broad SMARTS) is 1. The Bertz CT molecular complexity index is 269. The van der Waals surface area contributed by atoms with Crippen molar-refractivity contribution in [1.82, 2.24) is 9.55 Å². The van der Waals surface area contributed by atoms with Crippen molar-refractivity contribution in [1.29, 1.82) is 0 Å². The van der Waals surface area contributed by atoms with Gasteiger partial charge < -0.3 is 9.67 Å². The SMILES string of the molecule is CCC(C)C(C(=O)O)n1ccnc1. The minimum atomic E-state index is -0.799. The highest BCUT2D eigenvalue weighted by Crippen LogP contribution is 2.20. The van der Waals surface area contributed by atoms with Crippen molar-refractivity contribution in [3.63, 3.8) is 0 Å². The zero-order chi connectivity index (χ0) is 9.84. The van der Waals surface area contributed by atoms with Gasteiger partial charge in [0.2, 0.25) is 0 Å². The van der Waals surface area contributed by atoms with Crippen LogP contribution in [0, 0.1) is 5.92 Å². The number of carboxylic acids is 1. The molecule has 4 nitrogen and oxygen atoms in total. The van der Waals surface area contributed by atoms with Gasteiger partial charge in [-0.1, -0.05) is 20.3 Å². The summed E-state index contributed by atoms with van der Waals surface area (Å²) in [6.45, 7) is 3.91. The minimum absolute atomic E-state index is 0.117. The van der Waals surface area contributed by atoms with Crippen LogP contribution in [0.15, 0.2) is 18.7 Å². The van der Waals surface area contributed by atoms with E-state index in [2.05, 4.69) is 4.98 Å². The molecule has 2 atom stereocenters. The number of imidazole rings is 1. The Morgan fingerprint density at radius 1 is 1.69 bits per heavy atom. The highest BCUT2D eigenvalue weighted by atomic mass is 16.4. The maximum atomic E-state index is 10.9. The number of nitrogens with zero attached hydrogens (tertiary/aromatic N) is 2. The summed E-state index contributed by atoms with van der Waals surface area (Å²) in [7, 11) is 0. The van der Waals surface area contributed by atoms with Gasteiger partial charge in [0.1, 0.15) is 6.04 Å². The van der Waals surface area contributed by atoms with E-state index in [1.807, 2.05) is 13.8 Å². The first-order valence-electron chi connectivity index (χ1n) is 4.37. The van der Waals surface area contributed by atoms with Crippen LogP contribution < -0.4 is 0 Å². The Morgan fingerprint density at radius 3 is 2.77 bits per heavy atom. The Hall–Kier alpha value is -1.32. The van der Waals surface area contributed by atoms with Crippen LogP contribution in [0.25, 0.3) is 0 Å². The molecule has 0 aliphatic rings. The maximum Gasteiger partial charge on any atom is 0.326 e. The fourth-order valence-corrected chi connectivity index (χ4v) is 1.32. The Labute approximate surface area is 77.2 Å². The van der Waals surface area contributed by atoms with Crippen molar-refractivity contribution in [3.8, 4) is 0 Å². The van der Waals surface area contributed by atoms with E-state index < -0.39 is 12.0 Å². The van der Waals surface area contributed by atoms with E-state index >= 15 is 0 Å². The van der Waals surface area contributed by atoms with Crippen molar-refractivity contribution in [2.24, 2.45) is 5.92 Å². The van der Waals surface area contributed by atoms with E-state index in [4.69, 9.17) is 5.11 Å². The normalized spacial score (nSPS) is 15.2. The van der Waals surface area contributed by atoms with E-state index in [0.29, 0.717) is 0 Å². The van der Waals surface area contributed by atoms with Gasteiger partial charge in [0.05, 0.1) is 6.33 Å². The second kappa shape index (κ2) is 4.07. The van der Waals surface area contributed by atoms with Gasteiger partial charge in [-0.05, 0) is 5.92 Å². The molecule has 0 bridgehead atoms. The predicted octanol–water partition coefficient (Wildman–Crippen LogP) is 1.55. The van der Waals surface area contributed by atoms with Crippen LogP contribution in [-0.2, 0) is 4.79 Å². The molecule has 1 heterocycles. The van der Waals surface area contributed by atoms with Gasteiger partial charge in [0.25, 0.3) is 0 Å². The molecule has 1 rings (SSSR count). The number of aromatic nitrogens is 2. The van der Waals surface area contributed by atoms with Crippen LogP contribution in [0.2, 0.25) is 0 Å². The van der Waals surface area contributed by atoms with Crippen LogP contribution in [0.5, 0.6) is 0 Å². The molecule has 0 saturated heterocycles. The van der Waals surface area contributed by atoms with Crippen molar-refractivity contribution < 1.29 is 9.90 Å². The highest BCUT2D eigenvalue weighted by molar-refractivity contribution is 5.72. The first kappa shape index (κ1) is 9.77. The van der Waals surface area contributed by atoms with E-state index in [1.54, 1.807) is 23.3 Å². The summed E-state index contributed by atoms with van der Waals surface area (Å²) in [4.78, 5) is 14.8. The lowest BCUT2D eigenvalue weighted by molar-refractivity contribution is -0.142. The molecule has 13 heavy (non-hydrogen) atoms. The van der Waals surface area contributed by atoms with Crippen LogP contribution in [0.3, 0.4) is 0 Å². The third-order valence-corrected chi connectivity index (χ3v) is 2.28. The van der Waals surface area contributed by atoms with E-state index in [1.165, 1.54) is 0 Å². The summed E-state index contributed by atoms with van der Waals surface area (Å²) in [5, 5.41) is 9.00. The predicted molar refractivity (Wildman–Crippen MR) is 48.4 cm³/mol. The molecule has 4 heteroatoms. The van der Waals surface area contributed by atoms with Crippen molar-refractivity contribution in [2.45, 2.75) is 26.3 Å². The molecule has 0 fully saturated rings. The molecule has 0 spiro atoms. The molecule has 0 radical (unpaired) electrons. The summed E-state index contributed by atoms with van der Waals surface area (Å²) in [6, 6.07) is -0.493. The van der Waals surface area contributed by atoms with Crippen molar-refractivity contribution >= 4 is 5.97 Å². The molecule has 0 saturated carbocycles. The lowest BCUT2D eigenvalue weighted by atomic mass is 9.99. The molecule has 1 aromatic heterocycles. The fourth-order valence-electron chi connectivity index (χ4n) is 1.32. The molecule has 1 aromatic rings. The number of hydrogen-bond donors (Lipinski definition) is 1. The summed E-state index contributed by atoms with van der Waals surface area (Å²) in [5.74, 6) is -0.681. The largest absolute Gasteiger partial charge is 0.480 e. The standard InChI is InChI=1S/C9H14N2O2/c1-3-7(2)8(9(12)13)11-5-4-10-6-11/h4-8H,3H2,1-2H3,(H,12,13). The van der Waals surface area contributed by atoms with Gasteiger partial charge in [0, 0.05) is 12.4 Å². The molecular formula is C9H14N2O2. The molecular weight excluding hydrogens is 168 g/mol. The Morgan fingerprint density at radius 2 is 2.38 bits per heavy atom. The van der Waals surface area contributed by atoms with Gasteiger partial charge >= 0.3 is 5.97 Å².